The second kappa shape index (κ2) is 9.81. The summed E-state index contributed by atoms with van der Waals surface area (Å²) in [4.78, 5) is 12.9. The first-order valence-corrected chi connectivity index (χ1v) is 13.0. The van der Waals surface area contributed by atoms with Gasteiger partial charge in [0.1, 0.15) is 17.5 Å². The highest BCUT2D eigenvalue weighted by atomic mass is 32.2. The fourth-order valence-corrected chi connectivity index (χ4v) is 5.31. The van der Waals surface area contributed by atoms with Crippen LogP contribution in [0, 0.1) is 0 Å². The number of sulfonamides is 1. The molecule has 4 rings (SSSR count). The Labute approximate surface area is 206 Å². The quantitative estimate of drug-likeness (QED) is 0.464. The minimum atomic E-state index is -3.96. The summed E-state index contributed by atoms with van der Waals surface area (Å²) < 4.78 is 35.0. The Morgan fingerprint density at radius 2 is 1.69 bits per heavy atom. The third-order valence-corrected chi connectivity index (χ3v) is 7.68. The van der Waals surface area contributed by atoms with E-state index in [4.69, 9.17) is 4.74 Å². The minimum absolute atomic E-state index is 0.101. The number of benzene rings is 3. The molecule has 0 aromatic heterocycles. The van der Waals surface area contributed by atoms with E-state index < -0.39 is 27.8 Å². The maximum atomic E-state index is 13.2. The molecule has 0 bridgehead atoms. The van der Waals surface area contributed by atoms with Crippen LogP contribution in [0.15, 0.2) is 77.7 Å². The molecule has 3 N–H and O–H groups in total. The van der Waals surface area contributed by atoms with Crippen LogP contribution in [0.25, 0.3) is 0 Å². The molecule has 0 fully saturated rings. The predicted molar refractivity (Wildman–Crippen MR) is 134 cm³/mol. The Bertz CT molecular complexity index is 1310. The van der Waals surface area contributed by atoms with E-state index in [1.54, 1.807) is 56.3 Å². The van der Waals surface area contributed by atoms with Crippen molar-refractivity contribution in [3.63, 3.8) is 0 Å². The standard InChI is InChI=1S/C27H30N2O5S/c1-4-18-10-13-21(14-11-18)35(32,33)29-24-22-16-20(12-15-23(22)34-27(2,3)25(24)30)26(31)28-17-19-8-6-5-7-9-19/h5-16,24-25,29-30H,4,17H2,1-3H3,(H,28,31)/t24-,25+/m1/s1. The zero-order valence-electron chi connectivity index (χ0n) is 20.0. The molecule has 1 aliphatic heterocycles. The molecular weight excluding hydrogens is 464 g/mol. The molecule has 2 atom stereocenters. The van der Waals surface area contributed by atoms with E-state index >= 15 is 0 Å². The first-order valence-electron chi connectivity index (χ1n) is 11.5. The highest BCUT2D eigenvalue weighted by molar-refractivity contribution is 7.89. The number of fused-ring (bicyclic) bond motifs is 1. The lowest BCUT2D eigenvalue weighted by Gasteiger charge is -2.42. The summed E-state index contributed by atoms with van der Waals surface area (Å²) >= 11 is 0. The van der Waals surface area contributed by atoms with Crippen LogP contribution in [0.3, 0.4) is 0 Å². The van der Waals surface area contributed by atoms with Crippen molar-refractivity contribution in [3.05, 3.63) is 95.1 Å². The summed E-state index contributed by atoms with van der Waals surface area (Å²) in [5, 5.41) is 13.9. The molecule has 7 nitrogen and oxygen atoms in total. The molecule has 1 heterocycles. The second-order valence-electron chi connectivity index (χ2n) is 9.17. The zero-order chi connectivity index (χ0) is 25.2. The van der Waals surface area contributed by atoms with Crippen molar-refractivity contribution < 1.29 is 23.1 Å². The first-order chi connectivity index (χ1) is 16.6. The number of rotatable bonds is 7. The predicted octanol–water partition coefficient (Wildman–Crippen LogP) is 3.73. The number of hydrogen-bond donors (Lipinski definition) is 3. The van der Waals surface area contributed by atoms with Crippen LogP contribution in [0.4, 0.5) is 0 Å². The van der Waals surface area contributed by atoms with Crippen molar-refractivity contribution in [2.75, 3.05) is 0 Å². The Kier molecular flexibility index (Phi) is 6.98. The minimum Gasteiger partial charge on any atom is -0.485 e. The smallest absolute Gasteiger partial charge is 0.251 e. The molecule has 8 heteroatoms. The molecule has 0 aliphatic carbocycles. The molecule has 0 unspecified atom stereocenters. The maximum absolute atomic E-state index is 13.2. The first kappa shape index (κ1) is 24.9. The summed E-state index contributed by atoms with van der Waals surface area (Å²) in [5.74, 6) is 0.0988. The van der Waals surface area contributed by atoms with Crippen molar-refractivity contribution in [2.24, 2.45) is 0 Å². The number of aryl methyl sites for hydroxylation is 1. The van der Waals surface area contributed by atoms with E-state index in [-0.39, 0.29) is 10.8 Å². The van der Waals surface area contributed by atoms with Crippen LogP contribution in [0.2, 0.25) is 0 Å². The van der Waals surface area contributed by atoms with Gasteiger partial charge in [-0.1, -0.05) is 49.4 Å². The largest absolute Gasteiger partial charge is 0.485 e. The third-order valence-electron chi connectivity index (χ3n) is 6.23. The normalized spacial score (nSPS) is 18.9. The Balaban J connectivity index is 1.63. The summed E-state index contributed by atoms with van der Waals surface area (Å²) in [5.41, 5.74) is 1.67. The van der Waals surface area contributed by atoms with E-state index in [9.17, 15) is 18.3 Å². The number of nitrogens with one attached hydrogen (secondary N) is 2. The molecule has 184 valence electrons. The molecule has 1 aliphatic rings. The number of carbonyl (C=O) groups excluding carboxylic acids is 1. The van der Waals surface area contributed by atoms with E-state index in [1.807, 2.05) is 37.3 Å². The van der Waals surface area contributed by atoms with Crippen LogP contribution in [-0.4, -0.2) is 31.1 Å². The Morgan fingerprint density at radius 1 is 1.00 bits per heavy atom. The van der Waals surface area contributed by atoms with Gasteiger partial charge in [0.25, 0.3) is 5.91 Å². The lowest BCUT2D eigenvalue weighted by Crippen LogP contribution is -2.53. The zero-order valence-corrected chi connectivity index (χ0v) is 20.8. The van der Waals surface area contributed by atoms with E-state index in [0.29, 0.717) is 23.4 Å². The van der Waals surface area contributed by atoms with Gasteiger partial charge in [-0.15, -0.1) is 0 Å². The van der Waals surface area contributed by atoms with Gasteiger partial charge in [0, 0.05) is 17.7 Å². The van der Waals surface area contributed by atoms with Crippen molar-refractivity contribution >= 4 is 15.9 Å². The fourth-order valence-electron chi connectivity index (χ4n) is 4.09. The lowest BCUT2D eigenvalue weighted by molar-refractivity contribution is -0.0603. The molecule has 1 amide bonds. The summed E-state index contributed by atoms with van der Waals surface area (Å²) in [6.07, 6.45) is -0.398. The van der Waals surface area contributed by atoms with Crippen molar-refractivity contribution in [2.45, 2.75) is 56.4 Å². The summed E-state index contributed by atoms with van der Waals surface area (Å²) in [6, 6.07) is 20.0. The number of hydrogen-bond acceptors (Lipinski definition) is 5. The van der Waals surface area contributed by atoms with Gasteiger partial charge >= 0.3 is 0 Å². The van der Waals surface area contributed by atoms with Gasteiger partial charge in [-0.2, -0.15) is 0 Å². The Hall–Kier alpha value is -3.20. The van der Waals surface area contributed by atoms with Crippen LogP contribution in [0.1, 0.15) is 53.9 Å². The fraction of sp³-hybridized carbons (Fsp3) is 0.296. The monoisotopic (exact) mass is 494 g/mol. The van der Waals surface area contributed by atoms with Crippen LogP contribution >= 0.6 is 0 Å². The van der Waals surface area contributed by atoms with Gasteiger partial charge < -0.3 is 15.2 Å². The molecule has 3 aromatic carbocycles. The van der Waals surface area contributed by atoms with Gasteiger partial charge in [0.15, 0.2) is 0 Å². The molecule has 0 radical (unpaired) electrons. The van der Waals surface area contributed by atoms with Crippen LogP contribution < -0.4 is 14.8 Å². The number of aliphatic hydroxyl groups excluding tert-OH is 1. The van der Waals surface area contributed by atoms with Gasteiger partial charge in [-0.25, -0.2) is 13.1 Å². The van der Waals surface area contributed by atoms with Crippen molar-refractivity contribution in [3.8, 4) is 5.75 Å². The number of amides is 1. The van der Waals surface area contributed by atoms with Crippen LogP contribution in [0.5, 0.6) is 5.75 Å². The number of aliphatic hydroxyl groups is 1. The SMILES string of the molecule is CCc1ccc(S(=O)(=O)N[C@@H]2c3cc(C(=O)NCc4ccccc4)ccc3OC(C)(C)[C@H]2O)cc1. The molecule has 0 saturated heterocycles. The van der Waals surface area contributed by atoms with Crippen molar-refractivity contribution in [1.82, 2.24) is 10.0 Å². The highest BCUT2D eigenvalue weighted by Crippen LogP contribution is 2.41. The average molecular weight is 495 g/mol. The molecule has 3 aromatic rings. The third kappa shape index (κ3) is 5.40. The topological polar surface area (TPSA) is 105 Å². The van der Waals surface area contributed by atoms with Gasteiger partial charge in [-0.3, -0.25) is 4.79 Å². The lowest BCUT2D eigenvalue weighted by atomic mass is 9.86. The highest BCUT2D eigenvalue weighted by Gasteiger charge is 2.44. The molecular formula is C27H30N2O5S. The average Bonchev–Trinajstić information content (AvgIpc) is 2.85. The Morgan fingerprint density at radius 3 is 2.34 bits per heavy atom. The number of ether oxygens (including phenoxy) is 1. The number of carbonyl (C=O) groups is 1. The van der Waals surface area contributed by atoms with Gasteiger partial charge in [0.2, 0.25) is 10.0 Å². The van der Waals surface area contributed by atoms with Crippen LogP contribution in [-0.2, 0) is 23.0 Å². The molecule has 0 spiro atoms. The second-order valence-corrected chi connectivity index (χ2v) is 10.9. The molecule has 0 saturated carbocycles. The summed E-state index contributed by atoms with van der Waals surface area (Å²) in [7, 11) is -3.96. The summed E-state index contributed by atoms with van der Waals surface area (Å²) in [6.45, 7) is 5.73. The van der Waals surface area contributed by atoms with Gasteiger partial charge in [-0.05, 0) is 61.7 Å². The van der Waals surface area contributed by atoms with Crippen molar-refractivity contribution in [1.29, 1.82) is 0 Å². The molecule has 35 heavy (non-hydrogen) atoms. The van der Waals surface area contributed by atoms with E-state index in [0.717, 1.165) is 17.5 Å². The van der Waals surface area contributed by atoms with E-state index in [1.165, 1.54) is 0 Å². The van der Waals surface area contributed by atoms with E-state index in [2.05, 4.69) is 10.0 Å². The van der Waals surface area contributed by atoms with Gasteiger partial charge in [0.05, 0.1) is 10.9 Å². The maximum Gasteiger partial charge on any atom is 0.251 e.